The molecule has 12 heteroatoms. The van der Waals surface area contributed by atoms with Gasteiger partial charge in [0.2, 0.25) is 0 Å². The van der Waals surface area contributed by atoms with Gasteiger partial charge in [0.25, 0.3) is 0 Å². The molecule has 0 aliphatic heterocycles. The van der Waals surface area contributed by atoms with Crippen LogP contribution in [0, 0.1) is 0 Å². The van der Waals surface area contributed by atoms with Crippen LogP contribution in [-0.4, -0.2) is 66.7 Å². The van der Waals surface area contributed by atoms with Crippen LogP contribution in [0.15, 0.2) is 30.3 Å². The van der Waals surface area contributed by atoms with E-state index in [0.717, 1.165) is 5.56 Å². The Bertz CT molecular complexity index is 1560. The molecule has 0 aliphatic carbocycles. The maximum absolute atomic E-state index is 13.4. The van der Waals surface area contributed by atoms with E-state index < -0.39 is 35.4 Å². The Morgan fingerprint density at radius 2 is 1.24 bits per heavy atom. The first-order valence-electron chi connectivity index (χ1n) is 14.9. The Labute approximate surface area is 268 Å². The average molecular weight is 639 g/mol. The zero-order chi connectivity index (χ0) is 34.0. The van der Waals surface area contributed by atoms with Crippen LogP contribution >= 0.6 is 0 Å². The van der Waals surface area contributed by atoms with Gasteiger partial charge in [-0.05, 0) is 61.4 Å². The molecule has 3 aromatic rings. The number of aromatic amines is 2. The number of carbonyl (C=O) groups is 5. The maximum atomic E-state index is 13.4. The standard InChI is InChI=1S/C34H42N2O10/c1-8-21-23(16-28(38)43-6)26(36-30(21)32(40)45-19-20-12-10-9-11-13-20)18-25-22(14-15-27(37)42-5)24(17-29(39)44-7)31(35-25)33(41)46-34(2,3)4/h9-13,35-36H,8,14-19H2,1-7H3. The van der Waals surface area contributed by atoms with E-state index in [1.54, 1.807) is 20.8 Å². The van der Waals surface area contributed by atoms with E-state index in [1.165, 1.54) is 21.3 Å². The molecule has 2 N–H and O–H groups in total. The molecule has 248 valence electrons. The number of hydrogen-bond acceptors (Lipinski definition) is 10. The topological polar surface area (TPSA) is 163 Å². The summed E-state index contributed by atoms with van der Waals surface area (Å²) in [5, 5.41) is 0. The zero-order valence-electron chi connectivity index (χ0n) is 27.4. The molecule has 1 aromatic carbocycles. The number of methoxy groups -OCH3 is 3. The molecule has 0 atom stereocenters. The van der Waals surface area contributed by atoms with Crippen LogP contribution in [0.2, 0.25) is 0 Å². The second-order valence-electron chi connectivity index (χ2n) is 11.5. The summed E-state index contributed by atoms with van der Waals surface area (Å²) in [5.74, 6) is -2.90. The summed E-state index contributed by atoms with van der Waals surface area (Å²) in [6.45, 7) is 7.06. The molecular formula is C34H42N2O10. The molecule has 0 bridgehead atoms. The van der Waals surface area contributed by atoms with Gasteiger partial charge in [-0.2, -0.15) is 0 Å². The lowest BCUT2D eigenvalue weighted by molar-refractivity contribution is -0.141. The third-order valence-corrected chi connectivity index (χ3v) is 7.24. The normalized spacial score (nSPS) is 11.1. The number of esters is 5. The zero-order valence-corrected chi connectivity index (χ0v) is 27.4. The molecule has 0 fully saturated rings. The average Bonchev–Trinajstić information content (AvgIpc) is 3.54. The molecule has 0 unspecified atom stereocenters. The summed E-state index contributed by atoms with van der Waals surface area (Å²) in [7, 11) is 3.78. The number of aromatic nitrogens is 2. The molecule has 0 saturated carbocycles. The molecule has 46 heavy (non-hydrogen) atoms. The van der Waals surface area contributed by atoms with E-state index >= 15 is 0 Å². The van der Waals surface area contributed by atoms with Gasteiger partial charge in [-0.1, -0.05) is 37.3 Å². The molecular weight excluding hydrogens is 596 g/mol. The van der Waals surface area contributed by atoms with E-state index in [-0.39, 0.29) is 50.1 Å². The first-order chi connectivity index (χ1) is 21.8. The van der Waals surface area contributed by atoms with E-state index in [2.05, 4.69) is 9.97 Å². The van der Waals surface area contributed by atoms with E-state index in [9.17, 15) is 24.0 Å². The number of hydrogen-bond donors (Lipinski definition) is 2. The SMILES string of the molecule is CCc1c(C(=O)OCc2ccccc2)[nH]c(Cc2[nH]c(C(=O)OC(C)(C)C)c(CC(=O)OC)c2CCC(=O)OC)c1CC(=O)OC. The predicted octanol–water partition coefficient (Wildman–Crippen LogP) is 4.34. The fourth-order valence-corrected chi connectivity index (χ4v) is 5.08. The number of ether oxygens (including phenoxy) is 5. The summed E-state index contributed by atoms with van der Waals surface area (Å²) < 4.78 is 25.9. The summed E-state index contributed by atoms with van der Waals surface area (Å²) in [4.78, 5) is 70.2. The minimum atomic E-state index is -0.838. The highest BCUT2D eigenvalue weighted by atomic mass is 16.6. The van der Waals surface area contributed by atoms with Crippen molar-refractivity contribution >= 4 is 29.8 Å². The molecule has 0 saturated heterocycles. The quantitative estimate of drug-likeness (QED) is 0.192. The molecule has 0 aliphatic rings. The van der Waals surface area contributed by atoms with Crippen molar-refractivity contribution in [2.45, 2.75) is 78.4 Å². The minimum absolute atomic E-state index is 0.0366. The second kappa shape index (κ2) is 15.9. The first-order valence-corrected chi connectivity index (χ1v) is 14.9. The van der Waals surface area contributed by atoms with Crippen molar-refractivity contribution in [1.82, 2.24) is 9.97 Å². The van der Waals surface area contributed by atoms with Crippen molar-refractivity contribution in [2.75, 3.05) is 21.3 Å². The molecule has 0 radical (unpaired) electrons. The van der Waals surface area contributed by atoms with Crippen molar-refractivity contribution in [3.8, 4) is 0 Å². The monoisotopic (exact) mass is 638 g/mol. The number of rotatable bonds is 14. The summed E-state index contributed by atoms with van der Waals surface area (Å²) in [6.07, 6.45) is 0.139. The predicted molar refractivity (Wildman–Crippen MR) is 166 cm³/mol. The van der Waals surface area contributed by atoms with Crippen LogP contribution < -0.4 is 0 Å². The van der Waals surface area contributed by atoms with Crippen LogP contribution in [0.3, 0.4) is 0 Å². The van der Waals surface area contributed by atoms with Crippen LogP contribution in [0.1, 0.15) is 94.3 Å². The number of benzene rings is 1. The summed E-state index contributed by atoms with van der Waals surface area (Å²) in [5.41, 5.74) is 3.14. The highest BCUT2D eigenvalue weighted by Gasteiger charge is 2.30. The van der Waals surface area contributed by atoms with Gasteiger partial charge in [0.1, 0.15) is 23.6 Å². The van der Waals surface area contributed by atoms with Gasteiger partial charge >= 0.3 is 29.8 Å². The third-order valence-electron chi connectivity index (χ3n) is 7.24. The van der Waals surface area contributed by atoms with E-state index in [4.69, 9.17) is 23.7 Å². The van der Waals surface area contributed by atoms with Crippen molar-refractivity contribution < 1.29 is 47.7 Å². The Kier molecular flexibility index (Phi) is 12.3. The van der Waals surface area contributed by atoms with E-state index in [1.807, 2.05) is 37.3 Å². The number of carbonyl (C=O) groups excluding carboxylic acids is 5. The molecule has 0 spiro atoms. The van der Waals surface area contributed by atoms with Crippen molar-refractivity contribution in [2.24, 2.45) is 0 Å². The van der Waals surface area contributed by atoms with Gasteiger partial charge in [-0.15, -0.1) is 0 Å². The maximum Gasteiger partial charge on any atom is 0.355 e. The highest BCUT2D eigenvalue weighted by Crippen LogP contribution is 2.30. The van der Waals surface area contributed by atoms with Gasteiger partial charge in [-0.25, -0.2) is 9.59 Å². The van der Waals surface area contributed by atoms with Gasteiger partial charge in [-0.3, -0.25) is 14.4 Å². The van der Waals surface area contributed by atoms with Crippen LogP contribution in [0.25, 0.3) is 0 Å². The molecule has 12 nitrogen and oxygen atoms in total. The molecule has 2 heterocycles. The lowest BCUT2D eigenvalue weighted by atomic mass is 9.96. The van der Waals surface area contributed by atoms with Crippen molar-refractivity contribution in [3.63, 3.8) is 0 Å². The summed E-state index contributed by atoms with van der Waals surface area (Å²) >= 11 is 0. The number of H-pyrrole nitrogens is 2. The number of nitrogens with one attached hydrogen (secondary N) is 2. The second-order valence-corrected chi connectivity index (χ2v) is 11.5. The van der Waals surface area contributed by atoms with Crippen LogP contribution in [0.5, 0.6) is 0 Å². The Balaban J connectivity index is 2.16. The Morgan fingerprint density at radius 1 is 0.696 bits per heavy atom. The molecule has 0 amide bonds. The lowest BCUT2D eigenvalue weighted by Crippen LogP contribution is -2.25. The van der Waals surface area contributed by atoms with E-state index in [0.29, 0.717) is 40.1 Å². The lowest BCUT2D eigenvalue weighted by Gasteiger charge is -2.19. The fourth-order valence-electron chi connectivity index (χ4n) is 5.08. The van der Waals surface area contributed by atoms with Crippen LogP contribution in [0.4, 0.5) is 0 Å². The van der Waals surface area contributed by atoms with Gasteiger partial charge in [0.05, 0.1) is 34.2 Å². The van der Waals surface area contributed by atoms with Crippen molar-refractivity contribution in [3.05, 3.63) is 80.9 Å². The minimum Gasteiger partial charge on any atom is -0.469 e. The summed E-state index contributed by atoms with van der Waals surface area (Å²) in [6, 6.07) is 9.23. The smallest absolute Gasteiger partial charge is 0.355 e. The van der Waals surface area contributed by atoms with Crippen LogP contribution in [-0.2, 0) is 76.8 Å². The molecule has 3 rings (SSSR count). The van der Waals surface area contributed by atoms with Gasteiger partial charge in [0, 0.05) is 24.2 Å². The van der Waals surface area contributed by atoms with Gasteiger partial charge in [0.15, 0.2) is 0 Å². The van der Waals surface area contributed by atoms with Gasteiger partial charge < -0.3 is 33.7 Å². The first kappa shape index (κ1) is 35.6. The Hall–Kier alpha value is -4.87. The third kappa shape index (κ3) is 9.32. The Morgan fingerprint density at radius 3 is 1.78 bits per heavy atom. The largest absolute Gasteiger partial charge is 0.469 e. The molecule has 2 aromatic heterocycles. The fraction of sp³-hybridized carbons (Fsp3) is 0.441. The highest BCUT2D eigenvalue weighted by molar-refractivity contribution is 5.92. The van der Waals surface area contributed by atoms with Crippen molar-refractivity contribution in [1.29, 1.82) is 0 Å².